The average molecular weight is 380 g/mol. The summed E-state index contributed by atoms with van der Waals surface area (Å²) < 4.78 is 10.6. The van der Waals surface area contributed by atoms with Gasteiger partial charge in [0.15, 0.2) is 0 Å². The number of carbonyl (C=O) groups excluding carboxylic acids is 1. The molecule has 2 aromatic carbocycles. The van der Waals surface area contributed by atoms with Crippen molar-refractivity contribution in [3.05, 3.63) is 58.1 Å². The van der Waals surface area contributed by atoms with E-state index in [1.165, 1.54) is 19.2 Å². The third-order valence-electron chi connectivity index (χ3n) is 2.97. The summed E-state index contributed by atoms with van der Waals surface area (Å²) in [6, 6.07) is 11.9. The number of hydrogen-bond donors (Lipinski definition) is 2. The minimum absolute atomic E-state index is 0.0747. The van der Waals surface area contributed by atoms with Gasteiger partial charge in [0.25, 0.3) is 0 Å². The molecule has 0 bridgehead atoms. The molecule has 0 aromatic heterocycles. The third kappa shape index (κ3) is 4.46. The molecule has 0 saturated carbocycles. The molecule has 23 heavy (non-hydrogen) atoms. The number of carboxylic acids is 1. The van der Waals surface area contributed by atoms with Gasteiger partial charge >= 0.3 is 12.1 Å². The van der Waals surface area contributed by atoms with Crippen molar-refractivity contribution in [2.24, 2.45) is 0 Å². The number of benzene rings is 2. The van der Waals surface area contributed by atoms with Gasteiger partial charge in [0.05, 0.1) is 22.8 Å². The van der Waals surface area contributed by atoms with Crippen LogP contribution in [0.15, 0.2) is 46.9 Å². The molecule has 0 atom stereocenters. The van der Waals surface area contributed by atoms with E-state index >= 15 is 0 Å². The Bertz CT molecular complexity index is 718. The van der Waals surface area contributed by atoms with Gasteiger partial charge in [0, 0.05) is 6.07 Å². The lowest BCUT2D eigenvalue weighted by molar-refractivity contribution is 0.0698. The predicted molar refractivity (Wildman–Crippen MR) is 87.9 cm³/mol. The number of methoxy groups -OCH3 is 1. The van der Waals surface area contributed by atoms with Crippen molar-refractivity contribution in [1.29, 1.82) is 0 Å². The number of ether oxygens (including phenoxy) is 2. The second-order valence-electron chi connectivity index (χ2n) is 4.52. The molecule has 0 aliphatic rings. The fraction of sp³-hybridized carbons (Fsp3) is 0.125. The largest absolute Gasteiger partial charge is 0.495 e. The zero-order valence-corrected chi connectivity index (χ0v) is 13.8. The molecule has 0 aliphatic heterocycles. The standard InChI is InChI=1S/C16H14BrNO5/c1-22-14-8-13(11(15(19)20)7-12(14)17)18-16(21)23-9-10-5-3-2-4-6-10/h2-8H,9H2,1H3,(H,18,21)(H,19,20). The predicted octanol–water partition coefficient (Wildman–Crippen LogP) is 3.90. The van der Waals surface area contributed by atoms with Crippen molar-refractivity contribution in [1.82, 2.24) is 0 Å². The van der Waals surface area contributed by atoms with Crippen LogP contribution in [0.25, 0.3) is 0 Å². The van der Waals surface area contributed by atoms with Crippen LogP contribution in [0.2, 0.25) is 0 Å². The van der Waals surface area contributed by atoms with Gasteiger partial charge in [0.1, 0.15) is 12.4 Å². The lowest BCUT2D eigenvalue weighted by Gasteiger charge is -2.12. The Balaban J connectivity index is 2.11. The number of amides is 1. The zero-order valence-electron chi connectivity index (χ0n) is 12.2. The smallest absolute Gasteiger partial charge is 0.411 e. The van der Waals surface area contributed by atoms with E-state index in [-0.39, 0.29) is 17.9 Å². The van der Waals surface area contributed by atoms with Gasteiger partial charge in [-0.25, -0.2) is 9.59 Å². The number of carbonyl (C=O) groups is 2. The Kier molecular flexibility index (Phi) is 5.59. The summed E-state index contributed by atoms with van der Waals surface area (Å²) in [5.41, 5.74) is 0.847. The van der Waals surface area contributed by atoms with E-state index in [1.54, 1.807) is 0 Å². The van der Waals surface area contributed by atoms with Gasteiger partial charge in [-0.3, -0.25) is 5.32 Å². The number of anilines is 1. The maximum absolute atomic E-state index is 11.9. The monoisotopic (exact) mass is 379 g/mol. The average Bonchev–Trinajstić information content (AvgIpc) is 2.55. The highest BCUT2D eigenvalue weighted by molar-refractivity contribution is 9.10. The summed E-state index contributed by atoms with van der Waals surface area (Å²) in [5, 5.41) is 11.6. The van der Waals surface area contributed by atoms with Crippen LogP contribution < -0.4 is 10.1 Å². The summed E-state index contributed by atoms with van der Waals surface area (Å²) in [4.78, 5) is 23.1. The number of halogens is 1. The molecule has 0 spiro atoms. The van der Waals surface area contributed by atoms with Crippen molar-refractivity contribution in [2.75, 3.05) is 12.4 Å². The minimum atomic E-state index is -1.17. The Morgan fingerprint density at radius 2 is 1.91 bits per heavy atom. The van der Waals surface area contributed by atoms with Crippen LogP contribution >= 0.6 is 15.9 Å². The van der Waals surface area contributed by atoms with E-state index in [9.17, 15) is 14.7 Å². The highest BCUT2D eigenvalue weighted by Gasteiger charge is 2.17. The SMILES string of the molecule is COc1cc(NC(=O)OCc2ccccc2)c(C(=O)O)cc1Br. The maximum Gasteiger partial charge on any atom is 0.411 e. The molecule has 7 heteroatoms. The van der Waals surface area contributed by atoms with Crippen LogP contribution in [0.5, 0.6) is 5.75 Å². The number of carboxylic acid groups (broad SMARTS) is 1. The summed E-state index contributed by atoms with van der Waals surface area (Å²) in [7, 11) is 1.44. The van der Waals surface area contributed by atoms with Gasteiger partial charge in [-0.05, 0) is 27.6 Å². The molecule has 6 nitrogen and oxygen atoms in total. The van der Waals surface area contributed by atoms with E-state index in [4.69, 9.17) is 9.47 Å². The fourth-order valence-electron chi connectivity index (χ4n) is 1.86. The first-order chi connectivity index (χ1) is 11.0. The number of nitrogens with one attached hydrogen (secondary N) is 1. The number of hydrogen-bond acceptors (Lipinski definition) is 4. The van der Waals surface area contributed by atoms with Gasteiger partial charge in [-0.2, -0.15) is 0 Å². The van der Waals surface area contributed by atoms with Gasteiger partial charge in [-0.15, -0.1) is 0 Å². The fourth-order valence-corrected chi connectivity index (χ4v) is 2.36. The lowest BCUT2D eigenvalue weighted by Crippen LogP contribution is -2.16. The quantitative estimate of drug-likeness (QED) is 0.822. The number of rotatable bonds is 5. The summed E-state index contributed by atoms with van der Waals surface area (Å²) in [6.45, 7) is 0.0861. The highest BCUT2D eigenvalue weighted by atomic mass is 79.9. The van der Waals surface area contributed by atoms with E-state index in [1.807, 2.05) is 30.3 Å². The first-order valence-electron chi connectivity index (χ1n) is 6.59. The summed E-state index contributed by atoms with van der Waals surface area (Å²) in [5.74, 6) is -0.778. The van der Waals surface area contributed by atoms with Crippen LogP contribution in [0.4, 0.5) is 10.5 Å². The highest BCUT2D eigenvalue weighted by Crippen LogP contribution is 2.31. The molecule has 2 N–H and O–H groups in total. The topological polar surface area (TPSA) is 84.9 Å². The van der Waals surface area contributed by atoms with Crippen LogP contribution in [0.3, 0.4) is 0 Å². The third-order valence-corrected chi connectivity index (χ3v) is 3.59. The molecule has 0 fully saturated rings. The zero-order chi connectivity index (χ0) is 16.8. The van der Waals surface area contributed by atoms with E-state index < -0.39 is 12.1 Å². The van der Waals surface area contributed by atoms with Crippen LogP contribution in [-0.2, 0) is 11.3 Å². The Hall–Kier alpha value is -2.54. The minimum Gasteiger partial charge on any atom is -0.495 e. The molecule has 120 valence electrons. The second-order valence-corrected chi connectivity index (χ2v) is 5.38. The van der Waals surface area contributed by atoms with Crippen molar-refractivity contribution in [3.63, 3.8) is 0 Å². The molecular weight excluding hydrogens is 366 g/mol. The Morgan fingerprint density at radius 1 is 1.22 bits per heavy atom. The molecule has 2 aromatic rings. The Morgan fingerprint density at radius 3 is 2.52 bits per heavy atom. The second kappa shape index (κ2) is 7.64. The van der Waals surface area contributed by atoms with Gasteiger partial charge in [0.2, 0.25) is 0 Å². The van der Waals surface area contributed by atoms with Crippen molar-refractivity contribution in [2.45, 2.75) is 6.61 Å². The van der Waals surface area contributed by atoms with Crippen molar-refractivity contribution in [3.8, 4) is 5.75 Å². The van der Waals surface area contributed by atoms with Crippen LogP contribution in [-0.4, -0.2) is 24.3 Å². The molecular formula is C16H14BrNO5. The van der Waals surface area contributed by atoms with Gasteiger partial charge in [-0.1, -0.05) is 30.3 Å². The van der Waals surface area contributed by atoms with Crippen LogP contribution in [0.1, 0.15) is 15.9 Å². The molecule has 0 saturated heterocycles. The van der Waals surface area contributed by atoms with E-state index in [0.717, 1.165) is 5.56 Å². The maximum atomic E-state index is 11.9. The molecule has 0 aliphatic carbocycles. The van der Waals surface area contributed by atoms with Gasteiger partial charge < -0.3 is 14.6 Å². The van der Waals surface area contributed by atoms with E-state index in [2.05, 4.69) is 21.2 Å². The number of aromatic carboxylic acids is 1. The normalized spacial score (nSPS) is 10.0. The van der Waals surface area contributed by atoms with Crippen molar-refractivity contribution < 1.29 is 24.2 Å². The first-order valence-corrected chi connectivity index (χ1v) is 7.39. The van der Waals surface area contributed by atoms with Crippen molar-refractivity contribution >= 4 is 33.7 Å². The van der Waals surface area contributed by atoms with Crippen LogP contribution in [0, 0.1) is 0 Å². The lowest BCUT2D eigenvalue weighted by atomic mass is 10.1. The molecule has 0 unspecified atom stereocenters. The molecule has 2 rings (SSSR count). The van der Waals surface area contributed by atoms with E-state index in [0.29, 0.717) is 10.2 Å². The molecule has 0 heterocycles. The summed E-state index contributed by atoms with van der Waals surface area (Å²) >= 11 is 3.21. The Labute approximate surface area is 141 Å². The molecule has 0 radical (unpaired) electrons. The summed E-state index contributed by atoms with van der Waals surface area (Å²) in [6.07, 6.45) is -0.749. The first kappa shape index (κ1) is 16.8. The molecule has 1 amide bonds.